The first-order valence-electron chi connectivity index (χ1n) is 9.21. The number of para-hydroxylation sites is 1. The van der Waals surface area contributed by atoms with Gasteiger partial charge in [-0.05, 0) is 30.2 Å². The summed E-state index contributed by atoms with van der Waals surface area (Å²) < 4.78 is 0. The molecule has 1 heterocycles. The quantitative estimate of drug-likeness (QED) is 0.600. The molecule has 0 radical (unpaired) electrons. The Balaban J connectivity index is 2.04. The van der Waals surface area contributed by atoms with Gasteiger partial charge < -0.3 is 4.90 Å². The van der Waals surface area contributed by atoms with Gasteiger partial charge in [0.05, 0.1) is 18.2 Å². The first-order valence-corrected chi connectivity index (χ1v) is 9.21. The van der Waals surface area contributed by atoms with Gasteiger partial charge in [0.25, 0.3) is 0 Å². The molecule has 0 N–H and O–H groups in total. The number of nitriles is 2. The maximum absolute atomic E-state index is 10.3. The molecule has 134 valence electrons. The van der Waals surface area contributed by atoms with Gasteiger partial charge in [-0.25, -0.2) is 0 Å². The van der Waals surface area contributed by atoms with Crippen molar-refractivity contribution in [1.82, 2.24) is 0 Å². The molecule has 0 spiro atoms. The summed E-state index contributed by atoms with van der Waals surface area (Å²) in [6.07, 6.45) is 0. The third-order valence-corrected chi connectivity index (χ3v) is 5.35. The molecule has 0 saturated carbocycles. The Morgan fingerprint density at radius 1 is 0.750 bits per heavy atom. The zero-order valence-electron chi connectivity index (χ0n) is 15.6. The highest BCUT2D eigenvalue weighted by Gasteiger charge is 2.54. The summed E-state index contributed by atoms with van der Waals surface area (Å²) in [7, 11) is 0. The van der Waals surface area contributed by atoms with Gasteiger partial charge in [-0.1, -0.05) is 78.9 Å². The molecule has 28 heavy (non-hydrogen) atoms. The zero-order chi connectivity index (χ0) is 19.6. The van der Waals surface area contributed by atoms with E-state index in [0.717, 1.165) is 28.1 Å². The van der Waals surface area contributed by atoms with Crippen LogP contribution in [0.2, 0.25) is 0 Å². The van der Waals surface area contributed by atoms with Gasteiger partial charge in [-0.3, -0.25) is 0 Å². The van der Waals surface area contributed by atoms with Crippen LogP contribution in [-0.4, -0.2) is 0 Å². The highest BCUT2D eigenvalue weighted by Crippen LogP contribution is 2.57. The van der Waals surface area contributed by atoms with E-state index in [-0.39, 0.29) is 0 Å². The predicted molar refractivity (Wildman–Crippen MR) is 111 cm³/mol. The average molecular weight is 361 g/mol. The summed E-state index contributed by atoms with van der Waals surface area (Å²) in [5, 5.41) is 20.7. The molecular formula is C25H19N3. The molecule has 1 aliphatic rings. The molecule has 0 amide bonds. The van der Waals surface area contributed by atoms with Crippen molar-refractivity contribution in [2.45, 2.75) is 13.0 Å². The normalized spacial score (nSPS) is 17.8. The van der Waals surface area contributed by atoms with Gasteiger partial charge in [0, 0.05) is 17.0 Å². The second kappa shape index (κ2) is 7.06. The monoisotopic (exact) mass is 361 g/mol. The number of anilines is 1. The van der Waals surface area contributed by atoms with E-state index in [1.165, 1.54) is 0 Å². The lowest BCUT2D eigenvalue weighted by atomic mass is 9.73. The van der Waals surface area contributed by atoms with Gasteiger partial charge >= 0.3 is 0 Å². The minimum absolute atomic E-state index is 0.429. The second-order valence-electron chi connectivity index (χ2n) is 6.88. The fraction of sp³-hybridized carbons (Fsp3) is 0.120. The molecule has 1 atom stereocenters. The van der Waals surface area contributed by atoms with Crippen molar-refractivity contribution in [2.24, 2.45) is 5.41 Å². The van der Waals surface area contributed by atoms with Crippen LogP contribution in [0.3, 0.4) is 0 Å². The van der Waals surface area contributed by atoms with E-state index in [1.807, 2.05) is 97.9 Å². The molecule has 0 saturated heterocycles. The Hall–Kier alpha value is -3.82. The van der Waals surface area contributed by atoms with Crippen LogP contribution in [0.15, 0.2) is 96.7 Å². The van der Waals surface area contributed by atoms with Crippen LogP contribution in [-0.2, 0) is 0 Å². The molecule has 0 fully saturated rings. The van der Waals surface area contributed by atoms with Crippen LogP contribution in [0.4, 0.5) is 5.69 Å². The Bertz CT molecular complexity index is 1070. The fourth-order valence-electron chi connectivity index (χ4n) is 4.20. The van der Waals surface area contributed by atoms with Gasteiger partial charge in [-0.15, -0.1) is 0 Å². The topological polar surface area (TPSA) is 50.8 Å². The fourth-order valence-corrected chi connectivity index (χ4v) is 4.20. The van der Waals surface area contributed by atoms with Gasteiger partial charge in [0.15, 0.2) is 5.41 Å². The Labute approximate surface area is 165 Å². The standard InChI is InChI=1S/C25H19N3/c1-19-23(20-11-5-2-6-12-20)25(17-26,18-27)24(21-13-7-3-8-14-21)28(19)22-15-9-4-10-16-22/h2-16,24H,1H3. The third-order valence-electron chi connectivity index (χ3n) is 5.35. The molecule has 1 aliphatic heterocycles. The molecule has 0 bridgehead atoms. The number of hydrogen-bond donors (Lipinski definition) is 0. The van der Waals surface area contributed by atoms with Crippen LogP contribution in [0.5, 0.6) is 0 Å². The molecular weight excluding hydrogens is 342 g/mol. The van der Waals surface area contributed by atoms with Crippen molar-refractivity contribution in [3.63, 3.8) is 0 Å². The summed E-state index contributed by atoms with van der Waals surface area (Å²) in [6.45, 7) is 2.00. The van der Waals surface area contributed by atoms with Crippen molar-refractivity contribution in [3.05, 3.63) is 108 Å². The van der Waals surface area contributed by atoms with Gasteiger partial charge in [0.1, 0.15) is 0 Å². The van der Waals surface area contributed by atoms with E-state index in [4.69, 9.17) is 0 Å². The number of allylic oxidation sites excluding steroid dienone is 1. The zero-order valence-corrected chi connectivity index (χ0v) is 15.6. The van der Waals surface area contributed by atoms with E-state index < -0.39 is 11.5 Å². The third kappa shape index (κ3) is 2.57. The largest absolute Gasteiger partial charge is 0.334 e. The summed E-state index contributed by atoms with van der Waals surface area (Å²) in [5.74, 6) is 0. The van der Waals surface area contributed by atoms with E-state index >= 15 is 0 Å². The Morgan fingerprint density at radius 3 is 1.79 bits per heavy atom. The summed E-state index contributed by atoms with van der Waals surface area (Å²) in [4.78, 5) is 2.13. The molecule has 1 unspecified atom stereocenters. The van der Waals surface area contributed by atoms with Crippen molar-refractivity contribution >= 4 is 11.3 Å². The summed E-state index contributed by atoms with van der Waals surface area (Å²) in [5.41, 5.74) is 3.20. The van der Waals surface area contributed by atoms with Crippen molar-refractivity contribution in [2.75, 3.05) is 4.90 Å². The number of nitrogens with zero attached hydrogens (tertiary/aromatic N) is 3. The number of benzene rings is 3. The lowest BCUT2D eigenvalue weighted by Crippen LogP contribution is -2.32. The SMILES string of the molecule is CC1=C(c2ccccc2)C(C#N)(C#N)C(c2ccccc2)N1c1ccccc1. The van der Waals surface area contributed by atoms with Gasteiger partial charge in [0.2, 0.25) is 0 Å². The average Bonchev–Trinajstić information content (AvgIpc) is 3.04. The van der Waals surface area contributed by atoms with Crippen molar-refractivity contribution in [3.8, 4) is 12.1 Å². The molecule has 3 nitrogen and oxygen atoms in total. The molecule has 0 aromatic heterocycles. The number of rotatable bonds is 3. The molecule has 3 aromatic rings. The second-order valence-corrected chi connectivity index (χ2v) is 6.88. The molecule has 0 aliphatic carbocycles. The van der Waals surface area contributed by atoms with E-state index in [2.05, 4.69) is 17.0 Å². The van der Waals surface area contributed by atoms with Crippen LogP contribution >= 0.6 is 0 Å². The number of hydrogen-bond acceptors (Lipinski definition) is 3. The van der Waals surface area contributed by atoms with E-state index in [9.17, 15) is 10.5 Å². The lowest BCUT2D eigenvalue weighted by molar-refractivity contribution is 0.544. The highest BCUT2D eigenvalue weighted by molar-refractivity contribution is 5.87. The molecule has 4 rings (SSSR count). The first-order chi connectivity index (χ1) is 13.7. The Kier molecular flexibility index (Phi) is 4.44. The smallest absolute Gasteiger partial charge is 0.195 e. The van der Waals surface area contributed by atoms with E-state index in [1.54, 1.807) is 0 Å². The predicted octanol–water partition coefficient (Wildman–Crippen LogP) is 5.71. The van der Waals surface area contributed by atoms with Crippen LogP contribution < -0.4 is 4.90 Å². The summed E-state index contributed by atoms with van der Waals surface area (Å²) in [6, 6.07) is 33.9. The maximum Gasteiger partial charge on any atom is 0.195 e. The lowest BCUT2D eigenvalue weighted by Gasteiger charge is -2.33. The Morgan fingerprint density at radius 2 is 1.25 bits per heavy atom. The van der Waals surface area contributed by atoms with Crippen molar-refractivity contribution in [1.29, 1.82) is 10.5 Å². The minimum atomic E-state index is -1.32. The minimum Gasteiger partial charge on any atom is -0.334 e. The van der Waals surface area contributed by atoms with E-state index in [0.29, 0.717) is 0 Å². The van der Waals surface area contributed by atoms with Gasteiger partial charge in [-0.2, -0.15) is 10.5 Å². The van der Waals surface area contributed by atoms with Crippen molar-refractivity contribution < 1.29 is 0 Å². The first kappa shape index (κ1) is 17.6. The van der Waals surface area contributed by atoms with Crippen LogP contribution in [0.1, 0.15) is 24.1 Å². The molecule has 3 heteroatoms. The highest BCUT2D eigenvalue weighted by atomic mass is 15.2. The van der Waals surface area contributed by atoms with Crippen LogP contribution in [0, 0.1) is 28.1 Å². The maximum atomic E-state index is 10.3. The molecule has 3 aromatic carbocycles. The summed E-state index contributed by atoms with van der Waals surface area (Å²) >= 11 is 0. The van der Waals surface area contributed by atoms with Crippen LogP contribution in [0.25, 0.3) is 5.57 Å².